The van der Waals surface area contributed by atoms with E-state index in [1.165, 1.54) is 11.1 Å². The number of para-hydroxylation sites is 2. The number of halogens is 1. The Kier molecular flexibility index (Phi) is 5.36. The zero-order valence-corrected chi connectivity index (χ0v) is 16.9. The van der Waals surface area contributed by atoms with Gasteiger partial charge in [-0.3, -0.25) is 0 Å². The Hall–Kier alpha value is -2.78. The van der Waals surface area contributed by atoms with Crippen LogP contribution in [0.25, 0.3) is 22.4 Å². The van der Waals surface area contributed by atoms with E-state index in [0.717, 1.165) is 41.1 Å². The number of hydrogen-bond donors (Lipinski definition) is 0. The van der Waals surface area contributed by atoms with E-state index in [9.17, 15) is 0 Å². The molecule has 0 saturated carbocycles. The molecule has 0 bridgehead atoms. The summed E-state index contributed by atoms with van der Waals surface area (Å²) in [5.74, 6) is 1.85. The third kappa shape index (κ3) is 3.76. The molecule has 0 aliphatic rings. The van der Waals surface area contributed by atoms with Crippen molar-refractivity contribution in [3.63, 3.8) is 0 Å². The van der Waals surface area contributed by atoms with Gasteiger partial charge in [0.25, 0.3) is 0 Å². The lowest BCUT2D eigenvalue weighted by Gasteiger charge is -2.12. The zero-order valence-electron chi connectivity index (χ0n) is 16.2. The second-order valence-corrected chi connectivity index (χ2v) is 7.43. The molecule has 4 heteroatoms. The van der Waals surface area contributed by atoms with Crippen molar-refractivity contribution in [2.45, 2.75) is 26.8 Å². The first kappa shape index (κ1) is 18.6. The third-order valence-corrected chi connectivity index (χ3v) is 5.21. The average Bonchev–Trinajstić information content (AvgIpc) is 3.05. The molecule has 4 aromatic rings. The van der Waals surface area contributed by atoms with Crippen molar-refractivity contribution in [2.24, 2.45) is 0 Å². The second-order valence-electron chi connectivity index (χ2n) is 7.03. The van der Waals surface area contributed by atoms with Gasteiger partial charge in [0.05, 0.1) is 22.7 Å². The van der Waals surface area contributed by atoms with Crippen LogP contribution >= 0.6 is 11.6 Å². The van der Waals surface area contributed by atoms with E-state index in [1.54, 1.807) is 0 Å². The summed E-state index contributed by atoms with van der Waals surface area (Å²) < 4.78 is 8.25. The van der Waals surface area contributed by atoms with Crippen molar-refractivity contribution in [2.75, 3.05) is 6.61 Å². The smallest absolute Gasteiger partial charge is 0.142 e. The first-order valence-electron chi connectivity index (χ1n) is 9.54. The molecule has 3 aromatic carbocycles. The maximum absolute atomic E-state index is 6.45. The van der Waals surface area contributed by atoms with Crippen LogP contribution in [0.4, 0.5) is 0 Å². The van der Waals surface area contributed by atoms with E-state index in [0.29, 0.717) is 11.6 Å². The average molecular weight is 391 g/mol. The number of nitrogens with zero attached hydrogens (tertiary/aromatic N) is 2. The summed E-state index contributed by atoms with van der Waals surface area (Å²) >= 11 is 6.45. The molecule has 0 fully saturated rings. The number of aryl methyl sites for hydroxylation is 3. The van der Waals surface area contributed by atoms with Gasteiger partial charge in [-0.2, -0.15) is 0 Å². The van der Waals surface area contributed by atoms with E-state index in [1.807, 2.05) is 48.5 Å². The molecular formula is C24H23ClN2O. The van der Waals surface area contributed by atoms with Gasteiger partial charge in [-0.25, -0.2) is 4.98 Å². The highest BCUT2D eigenvalue weighted by Gasteiger charge is 2.14. The molecular weight excluding hydrogens is 368 g/mol. The summed E-state index contributed by atoms with van der Waals surface area (Å²) in [5, 5.41) is 0.714. The minimum absolute atomic E-state index is 0.651. The molecule has 1 heterocycles. The lowest BCUT2D eigenvalue weighted by atomic mass is 10.1. The lowest BCUT2D eigenvalue weighted by molar-refractivity contribution is 0.301. The summed E-state index contributed by atoms with van der Waals surface area (Å²) in [6.45, 7) is 5.64. The molecule has 0 spiro atoms. The molecule has 0 radical (unpaired) electrons. The number of hydrogen-bond acceptors (Lipinski definition) is 2. The highest BCUT2D eigenvalue weighted by Crippen LogP contribution is 2.30. The van der Waals surface area contributed by atoms with Crippen molar-refractivity contribution in [1.29, 1.82) is 0 Å². The van der Waals surface area contributed by atoms with Crippen LogP contribution in [0.15, 0.2) is 66.7 Å². The summed E-state index contributed by atoms with van der Waals surface area (Å²) in [6, 6.07) is 22.3. The van der Waals surface area contributed by atoms with Gasteiger partial charge in [0.2, 0.25) is 0 Å². The maximum atomic E-state index is 6.45. The molecule has 0 saturated heterocycles. The van der Waals surface area contributed by atoms with E-state index in [-0.39, 0.29) is 0 Å². The molecule has 0 unspecified atom stereocenters. The molecule has 142 valence electrons. The Balaban J connectivity index is 1.56. The van der Waals surface area contributed by atoms with E-state index >= 15 is 0 Å². The zero-order chi connectivity index (χ0) is 19.5. The van der Waals surface area contributed by atoms with Crippen molar-refractivity contribution >= 4 is 22.6 Å². The minimum Gasteiger partial charge on any atom is -0.493 e. The van der Waals surface area contributed by atoms with Gasteiger partial charge in [-0.1, -0.05) is 53.6 Å². The molecule has 1 aromatic heterocycles. The van der Waals surface area contributed by atoms with Crippen LogP contribution in [-0.4, -0.2) is 16.2 Å². The Morgan fingerprint density at radius 2 is 1.75 bits per heavy atom. The summed E-state index contributed by atoms with van der Waals surface area (Å²) in [5.41, 5.74) is 5.47. The molecule has 0 amide bonds. The van der Waals surface area contributed by atoms with E-state index < -0.39 is 0 Å². The first-order chi connectivity index (χ1) is 13.6. The summed E-state index contributed by atoms with van der Waals surface area (Å²) in [7, 11) is 0. The van der Waals surface area contributed by atoms with Crippen molar-refractivity contribution in [3.8, 4) is 17.1 Å². The van der Waals surface area contributed by atoms with Crippen molar-refractivity contribution in [1.82, 2.24) is 9.55 Å². The standard InChI is InChI=1S/C24H23ClN2O/c1-17-12-13-23(18(2)16-17)28-15-7-14-27-22-11-6-5-10-21(22)26-24(27)19-8-3-4-9-20(19)25/h3-6,8-13,16H,7,14-15H2,1-2H3. The van der Waals surface area contributed by atoms with E-state index in [2.05, 4.69) is 36.6 Å². The Labute approximate surface area is 170 Å². The van der Waals surface area contributed by atoms with Gasteiger partial charge in [0.1, 0.15) is 11.6 Å². The molecule has 0 aliphatic carbocycles. The fraction of sp³-hybridized carbons (Fsp3) is 0.208. The fourth-order valence-electron chi connectivity index (χ4n) is 3.52. The van der Waals surface area contributed by atoms with Crippen molar-refractivity contribution < 1.29 is 4.74 Å². The van der Waals surface area contributed by atoms with Crippen LogP contribution in [0.3, 0.4) is 0 Å². The topological polar surface area (TPSA) is 27.1 Å². The van der Waals surface area contributed by atoms with Gasteiger partial charge in [0, 0.05) is 12.1 Å². The second kappa shape index (κ2) is 8.07. The molecule has 0 aliphatic heterocycles. The highest BCUT2D eigenvalue weighted by atomic mass is 35.5. The first-order valence-corrected chi connectivity index (χ1v) is 9.91. The number of rotatable bonds is 6. The normalized spacial score (nSPS) is 11.1. The van der Waals surface area contributed by atoms with Crippen LogP contribution in [0, 0.1) is 13.8 Å². The lowest BCUT2D eigenvalue weighted by Crippen LogP contribution is -2.06. The minimum atomic E-state index is 0.651. The maximum Gasteiger partial charge on any atom is 0.142 e. The predicted molar refractivity (Wildman–Crippen MR) is 116 cm³/mol. The van der Waals surface area contributed by atoms with Crippen LogP contribution in [0.1, 0.15) is 17.5 Å². The largest absolute Gasteiger partial charge is 0.493 e. The fourth-order valence-corrected chi connectivity index (χ4v) is 3.74. The summed E-state index contributed by atoms with van der Waals surface area (Å²) in [4.78, 5) is 4.84. The van der Waals surface area contributed by atoms with Crippen LogP contribution < -0.4 is 4.74 Å². The Morgan fingerprint density at radius 1 is 0.964 bits per heavy atom. The van der Waals surface area contributed by atoms with Crippen molar-refractivity contribution in [3.05, 3.63) is 82.9 Å². The number of fused-ring (bicyclic) bond motifs is 1. The van der Waals surface area contributed by atoms with Gasteiger partial charge < -0.3 is 9.30 Å². The quantitative estimate of drug-likeness (QED) is 0.354. The third-order valence-electron chi connectivity index (χ3n) is 4.88. The molecule has 28 heavy (non-hydrogen) atoms. The molecule has 4 rings (SSSR count). The number of imidazole rings is 1. The molecule has 3 nitrogen and oxygen atoms in total. The number of ether oxygens (including phenoxy) is 1. The number of benzene rings is 3. The Bertz CT molecular complexity index is 1120. The number of aromatic nitrogens is 2. The molecule has 0 N–H and O–H groups in total. The van der Waals surface area contributed by atoms with Gasteiger partial charge in [-0.15, -0.1) is 0 Å². The SMILES string of the molecule is Cc1ccc(OCCCn2c(-c3ccccc3Cl)nc3ccccc32)c(C)c1. The van der Waals surface area contributed by atoms with Crippen LogP contribution in [0.5, 0.6) is 5.75 Å². The van der Waals surface area contributed by atoms with Gasteiger partial charge in [-0.05, 0) is 56.2 Å². The van der Waals surface area contributed by atoms with E-state index in [4.69, 9.17) is 21.3 Å². The van der Waals surface area contributed by atoms with Crippen LogP contribution in [0.2, 0.25) is 5.02 Å². The monoisotopic (exact) mass is 390 g/mol. The summed E-state index contributed by atoms with van der Waals surface area (Å²) in [6.07, 6.45) is 0.880. The van der Waals surface area contributed by atoms with Gasteiger partial charge >= 0.3 is 0 Å². The van der Waals surface area contributed by atoms with Crippen LogP contribution in [-0.2, 0) is 6.54 Å². The molecule has 0 atom stereocenters. The van der Waals surface area contributed by atoms with Gasteiger partial charge in [0.15, 0.2) is 0 Å². The highest BCUT2D eigenvalue weighted by molar-refractivity contribution is 6.33. The Morgan fingerprint density at radius 3 is 2.57 bits per heavy atom. The predicted octanol–water partition coefficient (Wildman–Crippen LogP) is 6.44.